The average molecular weight is 350 g/mol. The summed E-state index contributed by atoms with van der Waals surface area (Å²) in [6, 6.07) is 9.50. The molecule has 25 heavy (non-hydrogen) atoms. The Balaban J connectivity index is 1.63. The molecule has 1 aliphatic heterocycles. The summed E-state index contributed by atoms with van der Waals surface area (Å²) in [7, 11) is 0. The topological polar surface area (TPSA) is 59.5 Å². The van der Waals surface area contributed by atoms with Crippen LogP contribution in [0, 0.1) is 0 Å². The maximum absolute atomic E-state index is 12.3. The van der Waals surface area contributed by atoms with E-state index >= 15 is 0 Å². The van der Waals surface area contributed by atoms with Gasteiger partial charge in [-0.1, -0.05) is 18.2 Å². The van der Waals surface area contributed by atoms with Crippen LogP contribution in [0.3, 0.4) is 0 Å². The van der Waals surface area contributed by atoms with Crippen LogP contribution in [0.1, 0.15) is 32.7 Å². The number of imide groups is 1. The van der Waals surface area contributed by atoms with E-state index in [-0.39, 0.29) is 24.2 Å². The van der Waals surface area contributed by atoms with E-state index in [0.29, 0.717) is 16.7 Å². The van der Waals surface area contributed by atoms with Gasteiger partial charge in [-0.15, -0.1) is 0 Å². The quantitative estimate of drug-likeness (QED) is 0.777. The van der Waals surface area contributed by atoms with Crippen LogP contribution in [0.5, 0.6) is 5.88 Å². The summed E-state index contributed by atoms with van der Waals surface area (Å²) in [4.78, 5) is 29.5. The van der Waals surface area contributed by atoms with E-state index in [4.69, 9.17) is 4.74 Å². The fourth-order valence-electron chi connectivity index (χ4n) is 2.43. The van der Waals surface area contributed by atoms with Crippen LogP contribution >= 0.6 is 0 Å². The molecule has 0 atom stereocenters. The number of aromatic nitrogens is 1. The summed E-state index contributed by atoms with van der Waals surface area (Å²) in [5.41, 5.74) is 1.28. The lowest BCUT2D eigenvalue weighted by molar-refractivity contribution is -0.139. The molecule has 0 bridgehead atoms. The number of fused-ring (bicyclic) bond motifs is 1. The number of benzene rings is 1. The Kier molecular flexibility index (Phi) is 4.43. The van der Waals surface area contributed by atoms with Crippen molar-refractivity contribution >= 4 is 11.8 Å². The lowest BCUT2D eigenvalue weighted by Gasteiger charge is -2.14. The molecule has 1 aromatic heterocycles. The van der Waals surface area contributed by atoms with Gasteiger partial charge in [0, 0.05) is 12.3 Å². The SMILES string of the molecule is O=C1c2ccccc2C(=O)N1Cc1ccc(OCCC(F)(F)F)nc1. The Labute approximate surface area is 141 Å². The molecule has 0 unspecified atom stereocenters. The summed E-state index contributed by atoms with van der Waals surface area (Å²) in [5.74, 6) is -0.715. The first-order chi connectivity index (χ1) is 11.8. The minimum atomic E-state index is -4.29. The van der Waals surface area contributed by atoms with Crippen LogP contribution in [-0.2, 0) is 6.54 Å². The highest BCUT2D eigenvalue weighted by Crippen LogP contribution is 2.24. The highest BCUT2D eigenvalue weighted by molar-refractivity contribution is 6.21. The molecule has 1 aromatic carbocycles. The number of rotatable bonds is 5. The average Bonchev–Trinajstić information content (AvgIpc) is 2.81. The molecular formula is C17H13F3N2O3. The van der Waals surface area contributed by atoms with Crippen LogP contribution in [0.15, 0.2) is 42.6 Å². The van der Waals surface area contributed by atoms with Crippen molar-refractivity contribution < 1.29 is 27.5 Å². The normalized spacial score (nSPS) is 14.0. The fraction of sp³-hybridized carbons (Fsp3) is 0.235. The van der Waals surface area contributed by atoms with Crippen LogP contribution in [0.2, 0.25) is 0 Å². The van der Waals surface area contributed by atoms with Crippen molar-refractivity contribution in [1.82, 2.24) is 9.88 Å². The molecule has 130 valence electrons. The number of halogens is 3. The van der Waals surface area contributed by atoms with E-state index in [1.807, 2.05) is 0 Å². The van der Waals surface area contributed by atoms with E-state index in [0.717, 1.165) is 4.90 Å². The number of ether oxygens (including phenoxy) is 1. The van der Waals surface area contributed by atoms with Crippen molar-refractivity contribution in [3.63, 3.8) is 0 Å². The van der Waals surface area contributed by atoms with Gasteiger partial charge in [-0.05, 0) is 17.7 Å². The van der Waals surface area contributed by atoms with Gasteiger partial charge in [-0.3, -0.25) is 14.5 Å². The van der Waals surface area contributed by atoms with Crippen LogP contribution < -0.4 is 4.74 Å². The van der Waals surface area contributed by atoms with Crippen LogP contribution in [-0.4, -0.2) is 34.5 Å². The van der Waals surface area contributed by atoms with Gasteiger partial charge in [0.1, 0.15) is 0 Å². The molecule has 8 heteroatoms. The zero-order valence-corrected chi connectivity index (χ0v) is 12.9. The Morgan fingerprint density at radius 3 is 2.16 bits per heavy atom. The minimum absolute atomic E-state index is 0.0299. The van der Waals surface area contributed by atoms with Crippen molar-refractivity contribution in [2.24, 2.45) is 0 Å². The molecule has 3 rings (SSSR count). The van der Waals surface area contributed by atoms with Crippen LogP contribution in [0.25, 0.3) is 0 Å². The van der Waals surface area contributed by atoms with Crippen molar-refractivity contribution in [2.45, 2.75) is 19.1 Å². The summed E-state index contributed by atoms with van der Waals surface area (Å²) < 4.78 is 41.1. The van der Waals surface area contributed by atoms with Gasteiger partial charge in [-0.2, -0.15) is 13.2 Å². The first-order valence-electron chi connectivity index (χ1n) is 7.45. The van der Waals surface area contributed by atoms with Crippen molar-refractivity contribution in [2.75, 3.05) is 6.61 Å². The molecule has 2 aromatic rings. The number of carbonyl (C=O) groups excluding carboxylic acids is 2. The maximum atomic E-state index is 12.3. The zero-order valence-electron chi connectivity index (χ0n) is 12.9. The molecule has 5 nitrogen and oxygen atoms in total. The molecule has 2 amide bonds. The predicted octanol–water partition coefficient (Wildman–Crippen LogP) is 3.21. The van der Waals surface area contributed by atoms with Gasteiger partial charge in [0.15, 0.2) is 0 Å². The fourth-order valence-corrected chi connectivity index (χ4v) is 2.43. The van der Waals surface area contributed by atoms with Gasteiger partial charge in [-0.25, -0.2) is 4.98 Å². The van der Waals surface area contributed by atoms with E-state index in [1.165, 1.54) is 12.3 Å². The van der Waals surface area contributed by atoms with Crippen molar-refractivity contribution in [3.05, 3.63) is 59.3 Å². The number of carbonyl (C=O) groups is 2. The number of alkyl halides is 3. The number of nitrogens with zero attached hydrogens (tertiary/aromatic N) is 2. The first kappa shape index (κ1) is 16.9. The highest BCUT2D eigenvalue weighted by atomic mass is 19.4. The molecule has 1 aliphatic rings. The third-order valence-corrected chi connectivity index (χ3v) is 3.65. The summed E-state index contributed by atoms with van der Waals surface area (Å²) in [6.07, 6.45) is -3.98. The Hall–Kier alpha value is -2.90. The van der Waals surface area contributed by atoms with E-state index < -0.39 is 19.2 Å². The third kappa shape index (κ3) is 3.78. The molecule has 0 saturated carbocycles. The van der Waals surface area contributed by atoms with E-state index in [2.05, 4.69) is 4.98 Å². The van der Waals surface area contributed by atoms with E-state index in [9.17, 15) is 22.8 Å². The molecule has 0 fully saturated rings. The van der Waals surface area contributed by atoms with Gasteiger partial charge in [0.2, 0.25) is 5.88 Å². The maximum Gasteiger partial charge on any atom is 0.392 e. The monoisotopic (exact) mass is 350 g/mol. The second-order valence-corrected chi connectivity index (χ2v) is 5.46. The Morgan fingerprint density at radius 2 is 1.64 bits per heavy atom. The molecule has 2 heterocycles. The Bertz CT molecular complexity index is 769. The zero-order chi connectivity index (χ0) is 18.0. The third-order valence-electron chi connectivity index (χ3n) is 3.65. The molecule has 0 N–H and O–H groups in total. The second kappa shape index (κ2) is 6.54. The van der Waals surface area contributed by atoms with Gasteiger partial charge < -0.3 is 4.74 Å². The lowest BCUT2D eigenvalue weighted by atomic mass is 10.1. The molecular weight excluding hydrogens is 337 g/mol. The number of amides is 2. The second-order valence-electron chi connectivity index (χ2n) is 5.46. The predicted molar refractivity (Wildman–Crippen MR) is 81.1 cm³/mol. The van der Waals surface area contributed by atoms with Crippen LogP contribution in [0.4, 0.5) is 13.2 Å². The Morgan fingerprint density at radius 1 is 1.00 bits per heavy atom. The summed E-state index contributed by atoms with van der Waals surface area (Å²) in [6.45, 7) is -0.490. The first-order valence-corrected chi connectivity index (χ1v) is 7.45. The number of hydrogen-bond donors (Lipinski definition) is 0. The minimum Gasteiger partial charge on any atom is -0.477 e. The van der Waals surface area contributed by atoms with Gasteiger partial charge >= 0.3 is 6.18 Å². The molecule has 0 radical (unpaired) electrons. The number of pyridine rings is 1. The standard InChI is InChI=1S/C17H13F3N2O3/c18-17(19,20)7-8-25-14-6-5-11(9-21-14)10-22-15(23)12-3-1-2-4-13(12)16(22)24/h1-6,9H,7-8,10H2. The van der Waals surface area contributed by atoms with Gasteiger partial charge in [0.25, 0.3) is 11.8 Å². The van der Waals surface area contributed by atoms with Crippen molar-refractivity contribution in [3.8, 4) is 5.88 Å². The number of hydrogen-bond acceptors (Lipinski definition) is 4. The summed E-state index contributed by atoms with van der Waals surface area (Å²) >= 11 is 0. The summed E-state index contributed by atoms with van der Waals surface area (Å²) in [5, 5.41) is 0. The van der Waals surface area contributed by atoms with Gasteiger partial charge in [0.05, 0.1) is 30.7 Å². The van der Waals surface area contributed by atoms with E-state index in [1.54, 1.807) is 30.3 Å². The smallest absolute Gasteiger partial charge is 0.392 e. The largest absolute Gasteiger partial charge is 0.477 e. The highest BCUT2D eigenvalue weighted by Gasteiger charge is 2.35. The van der Waals surface area contributed by atoms with Crippen molar-refractivity contribution in [1.29, 1.82) is 0 Å². The lowest BCUT2D eigenvalue weighted by Crippen LogP contribution is -2.29. The molecule has 0 aliphatic carbocycles. The molecule has 0 spiro atoms. The molecule has 0 saturated heterocycles.